The van der Waals surface area contributed by atoms with Crippen molar-refractivity contribution in [1.82, 2.24) is 9.78 Å². The Kier molecular flexibility index (Phi) is 3.13. The molecule has 1 aliphatic carbocycles. The standard InChI is InChI=1S/C17H20N4O/c18-16-13-6-2-4-8-15(13)20-21(16)17(22)12-9-10-19-14-7-3-1-5-11(12)14/h1,3,5,7,12,19H,2,4,6,8-10,18H2/t12-/m1/s1. The second-order valence-corrected chi connectivity index (χ2v) is 6.12. The molecule has 22 heavy (non-hydrogen) atoms. The van der Waals surface area contributed by atoms with Gasteiger partial charge in [0.2, 0.25) is 0 Å². The lowest BCUT2D eigenvalue weighted by Crippen LogP contribution is -2.28. The van der Waals surface area contributed by atoms with Gasteiger partial charge in [0.1, 0.15) is 5.82 Å². The minimum absolute atomic E-state index is 0.000787. The fraction of sp³-hybridized carbons (Fsp3) is 0.412. The van der Waals surface area contributed by atoms with E-state index in [2.05, 4.69) is 10.4 Å². The molecule has 1 aromatic carbocycles. The summed E-state index contributed by atoms with van der Waals surface area (Å²) in [6.07, 6.45) is 4.92. The normalized spacial score (nSPS) is 19.9. The smallest absolute Gasteiger partial charge is 0.256 e. The number of nitrogens with zero attached hydrogens (tertiary/aromatic N) is 2. The first kappa shape index (κ1) is 13.4. The van der Waals surface area contributed by atoms with Crippen LogP contribution >= 0.6 is 0 Å². The van der Waals surface area contributed by atoms with Crippen LogP contribution in [-0.2, 0) is 12.8 Å². The predicted octanol–water partition coefficient (Wildman–Crippen LogP) is 2.58. The van der Waals surface area contributed by atoms with Crippen LogP contribution in [0.1, 0.15) is 46.8 Å². The highest BCUT2D eigenvalue weighted by Crippen LogP contribution is 2.34. The summed E-state index contributed by atoms with van der Waals surface area (Å²) in [5.41, 5.74) is 10.4. The third-order valence-electron chi connectivity index (χ3n) is 4.79. The van der Waals surface area contributed by atoms with E-state index in [0.717, 1.165) is 61.2 Å². The molecule has 2 aliphatic rings. The molecule has 1 aromatic heterocycles. The summed E-state index contributed by atoms with van der Waals surface area (Å²) in [6.45, 7) is 0.800. The van der Waals surface area contributed by atoms with Crippen LogP contribution in [0.25, 0.3) is 0 Å². The van der Waals surface area contributed by atoms with Crippen LogP contribution in [-0.4, -0.2) is 22.2 Å². The highest BCUT2D eigenvalue weighted by atomic mass is 16.2. The Hall–Kier alpha value is -2.30. The van der Waals surface area contributed by atoms with E-state index in [0.29, 0.717) is 5.82 Å². The van der Waals surface area contributed by atoms with Crippen molar-refractivity contribution in [3.8, 4) is 0 Å². The summed E-state index contributed by atoms with van der Waals surface area (Å²) in [7, 11) is 0. The molecule has 0 saturated carbocycles. The largest absolute Gasteiger partial charge is 0.385 e. The van der Waals surface area contributed by atoms with Gasteiger partial charge in [0, 0.05) is 17.8 Å². The molecular formula is C17H20N4O. The van der Waals surface area contributed by atoms with E-state index in [4.69, 9.17) is 5.73 Å². The molecular weight excluding hydrogens is 276 g/mol. The summed E-state index contributed by atoms with van der Waals surface area (Å²) >= 11 is 0. The van der Waals surface area contributed by atoms with Crippen LogP contribution in [0.3, 0.4) is 0 Å². The van der Waals surface area contributed by atoms with E-state index in [-0.39, 0.29) is 11.8 Å². The first-order chi connectivity index (χ1) is 10.8. The second kappa shape index (κ2) is 5.16. The monoisotopic (exact) mass is 296 g/mol. The molecule has 0 radical (unpaired) electrons. The van der Waals surface area contributed by atoms with Crippen molar-refractivity contribution in [2.45, 2.75) is 38.0 Å². The SMILES string of the molecule is Nc1c2c(nn1C(=O)[C@@H]1CCNc3ccccc31)CCCC2. The van der Waals surface area contributed by atoms with Gasteiger partial charge in [-0.15, -0.1) is 0 Å². The molecule has 1 atom stereocenters. The first-order valence-electron chi connectivity index (χ1n) is 7.99. The Morgan fingerprint density at radius 1 is 1.27 bits per heavy atom. The van der Waals surface area contributed by atoms with Gasteiger partial charge in [-0.2, -0.15) is 9.78 Å². The van der Waals surface area contributed by atoms with Gasteiger partial charge >= 0.3 is 0 Å². The van der Waals surface area contributed by atoms with Crippen LogP contribution in [0, 0.1) is 0 Å². The van der Waals surface area contributed by atoms with Crippen LogP contribution in [0.5, 0.6) is 0 Å². The number of aromatic nitrogens is 2. The number of hydrogen-bond donors (Lipinski definition) is 2. The summed E-state index contributed by atoms with van der Waals surface area (Å²) in [5.74, 6) is 0.387. The van der Waals surface area contributed by atoms with Gasteiger partial charge in [-0.3, -0.25) is 4.79 Å². The molecule has 1 aliphatic heterocycles. The number of carbonyl (C=O) groups excluding carboxylic acids is 1. The number of hydrogen-bond acceptors (Lipinski definition) is 4. The molecule has 4 rings (SSSR count). The summed E-state index contributed by atoms with van der Waals surface area (Å²) in [6, 6.07) is 8.00. The number of carbonyl (C=O) groups is 1. The zero-order chi connectivity index (χ0) is 15.1. The van der Waals surface area contributed by atoms with Crippen molar-refractivity contribution in [1.29, 1.82) is 0 Å². The first-order valence-corrected chi connectivity index (χ1v) is 7.99. The van der Waals surface area contributed by atoms with Gasteiger partial charge in [0.25, 0.3) is 5.91 Å². The molecule has 0 spiro atoms. The third kappa shape index (κ3) is 2.00. The van der Waals surface area contributed by atoms with Crippen molar-refractivity contribution in [2.75, 3.05) is 17.6 Å². The topological polar surface area (TPSA) is 72.9 Å². The number of aryl methyl sites for hydroxylation is 1. The maximum Gasteiger partial charge on any atom is 0.256 e. The van der Waals surface area contributed by atoms with Gasteiger partial charge < -0.3 is 11.1 Å². The number of benzene rings is 1. The minimum Gasteiger partial charge on any atom is -0.385 e. The van der Waals surface area contributed by atoms with Gasteiger partial charge in [0.05, 0.1) is 11.6 Å². The predicted molar refractivity (Wildman–Crippen MR) is 86.2 cm³/mol. The van der Waals surface area contributed by atoms with Crippen molar-refractivity contribution in [3.05, 3.63) is 41.1 Å². The lowest BCUT2D eigenvalue weighted by molar-refractivity contribution is 0.0859. The van der Waals surface area contributed by atoms with Gasteiger partial charge in [-0.05, 0) is 43.7 Å². The maximum atomic E-state index is 13.0. The molecule has 0 fully saturated rings. The Morgan fingerprint density at radius 3 is 2.95 bits per heavy atom. The Bertz CT molecular complexity index is 734. The number of nitrogens with two attached hydrogens (primary N) is 1. The van der Waals surface area contributed by atoms with E-state index >= 15 is 0 Å². The second-order valence-electron chi connectivity index (χ2n) is 6.12. The number of nitrogens with one attached hydrogen (secondary N) is 1. The Labute approximate surface area is 129 Å². The highest BCUT2D eigenvalue weighted by Gasteiger charge is 2.30. The van der Waals surface area contributed by atoms with Crippen molar-refractivity contribution in [2.24, 2.45) is 0 Å². The van der Waals surface area contributed by atoms with Crippen molar-refractivity contribution < 1.29 is 4.79 Å². The third-order valence-corrected chi connectivity index (χ3v) is 4.79. The molecule has 5 nitrogen and oxygen atoms in total. The van der Waals surface area contributed by atoms with Crippen molar-refractivity contribution in [3.63, 3.8) is 0 Å². The number of rotatable bonds is 1. The lowest BCUT2D eigenvalue weighted by Gasteiger charge is -2.25. The number of nitrogen functional groups attached to an aromatic ring is 1. The maximum absolute atomic E-state index is 13.0. The van der Waals surface area contributed by atoms with E-state index in [1.165, 1.54) is 4.68 Å². The van der Waals surface area contributed by atoms with Crippen LogP contribution in [0.4, 0.5) is 11.5 Å². The summed E-state index contributed by atoms with van der Waals surface area (Å²) < 4.78 is 1.46. The Morgan fingerprint density at radius 2 is 2.09 bits per heavy atom. The number of anilines is 2. The lowest BCUT2D eigenvalue weighted by atomic mass is 9.90. The van der Waals surface area contributed by atoms with Gasteiger partial charge in [-0.1, -0.05) is 18.2 Å². The fourth-order valence-corrected chi connectivity index (χ4v) is 3.62. The summed E-state index contributed by atoms with van der Waals surface area (Å²) in [4.78, 5) is 13.0. The number of fused-ring (bicyclic) bond motifs is 2. The van der Waals surface area contributed by atoms with Gasteiger partial charge in [0.15, 0.2) is 0 Å². The van der Waals surface area contributed by atoms with Crippen LogP contribution < -0.4 is 11.1 Å². The van der Waals surface area contributed by atoms with E-state index < -0.39 is 0 Å². The van der Waals surface area contributed by atoms with Crippen LogP contribution in [0.2, 0.25) is 0 Å². The highest BCUT2D eigenvalue weighted by molar-refractivity contribution is 5.90. The molecule has 0 amide bonds. The molecule has 2 heterocycles. The molecule has 0 saturated heterocycles. The molecule has 114 valence electrons. The van der Waals surface area contributed by atoms with Gasteiger partial charge in [-0.25, -0.2) is 0 Å². The molecule has 2 aromatic rings. The fourth-order valence-electron chi connectivity index (χ4n) is 3.62. The summed E-state index contributed by atoms with van der Waals surface area (Å²) in [5, 5.41) is 7.87. The molecule has 0 bridgehead atoms. The zero-order valence-corrected chi connectivity index (χ0v) is 12.5. The van der Waals surface area contributed by atoms with Crippen LogP contribution in [0.15, 0.2) is 24.3 Å². The van der Waals surface area contributed by atoms with E-state index in [1.807, 2.05) is 24.3 Å². The molecule has 0 unspecified atom stereocenters. The minimum atomic E-state index is -0.166. The molecule has 5 heteroatoms. The average Bonchev–Trinajstić information content (AvgIpc) is 2.91. The quantitative estimate of drug-likeness (QED) is 0.848. The number of para-hydroxylation sites is 1. The molecule has 3 N–H and O–H groups in total. The zero-order valence-electron chi connectivity index (χ0n) is 12.5. The van der Waals surface area contributed by atoms with Crippen molar-refractivity contribution >= 4 is 17.4 Å². The Balaban J connectivity index is 1.73. The average molecular weight is 296 g/mol. The van der Waals surface area contributed by atoms with E-state index in [9.17, 15) is 4.79 Å². The van der Waals surface area contributed by atoms with E-state index in [1.54, 1.807) is 0 Å².